The molecule has 0 spiro atoms. The van der Waals surface area contributed by atoms with Gasteiger partial charge in [0.05, 0.1) is 13.2 Å². The molecular weight excluding hydrogens is 312 g/mol. The Hall–Kier alpha value is -2.28. The fourth-order valence-electron chi connectivity index (χ4n) is 1.75. The number of carbonyl (C=O) groups excluding carboxylic acids is 2. The number of amides is 2. The molecule has 1 aromatic carbocycles. The van der Waals surface area contributed by atoms with Crippen LogP contribution in [0.1, 0.15) is 39.3 Å². The first-order chi connectivity index (χ1) is 11.2. The minimum Gasteiger partial charge on any atom is -0.497 e. The number of methoxy groups -OCH3 is 1. The predicted molar refractivity (Wildman–Crippen MR) is 91.9 cm³/mol. The predicted octanol–water partition coefficient (Wildman–Crippen LogP) is 2.01. The minimum absolute atomic E-state index is 0.136. The largest absolute Gasteiger partial charge is 0.497 e. The highest BCUT2D eigenvalue weighted by Gasteiger charge is 2.17. The van der Waals surface area contributed by atoms with Gasteiger partial charge in [-0.15, -0.1) is 0 Å². The third kappa shape index (κ3) is 8.99. The van der Waals surface area contributed by atoms with Crippen molar-refractivity contribution in [2.45, 2.75) is 39.3 Å². The highest BCUT2D eigenvalue weighted by Crippen LogP contribution is 2.18. The van der Waals surface area contributed by atoms with E-state index in [1.807, 2.05) is 31.2 Å². The van der Waals surface area contributed by atoms with Crippen molar-refractivity contribution in [3.05, 3.63) is 29.8 Å². The Morgan fingerprint density at radius 2 is 1.88 bits per heavy atom. The minimum atomic E-state index is -0.614. The molecule has 3 N–H and O–H groups in total. The van der Waals surface area contributed by atoms with E-state index in [-0.39, 0.29) is 18.5 Å². The third-order valence-corrected chi connectivity index (χ3v) is 2.76. The SMILES string of the molecule is CO.COc1cccc(C(C)NC(=O)CNC(=O)OC(C)(C)C)c1. The zero-order valence-electron chi connectivity index (χ0n) is 15.2. The number of aliphatic hydroxyl groups excluding tert-OH is 1. The van der Waals surface area contributed by atoms with E-state index >= 15 is 0 Å². The second kappa shape index (κ2) is 10.5. The molecule has 7 heteroatoms. The quantitative estimate of drug-likeness (QED) is 0.762. The number of hydrogen-bond acceptors (Lipinski definition) is 5. The molecule has 0 saturated heterocycles. The zero-order chi connectivity index (χ0) is 18.8. The fourth-order valence-corrected chi connectivity index (χ4v) is 1.75. The van der Waals surface area contributed by atoms with E-state index < -0.39 is 11.7 Å². The van der Waals surface area contributed by atoms with Gasteiger partial charge in [0.15, 0.2) is 0 Å². The summed E-state index contributed by atoms with van der Waals surface area (Å²) < 4.78 is 10.2. The van der Waals surface area contributed by atoms with Gasteiger partial charge in [-0.1, -0.05) is 12.1 Å². The highest BCUT2D eigenvalue weighted by atomic mass is 16.6. The molecule has 136 valence electrons. The zero-order valence-corrected chi connectivity index (χ0v) is 15.2. The van der Waals surface area contributed by atoms with Gasteiger partial charge in [-0.05, 0) is 45.4 Å². The van der Waals surface area contributed by atoms with Crippen LogP contribution in [0, 0.1) is 0 Å². The summed E-state index contributed by atoms with van der Waals surface area (Å²) in [5.41, 5.74) is 0.332. The van der Waals surface area contributed by atoms with E-state index in [1.165, 1.54) is 0 Å². The highest BCUT2D eigenvalue weighted by molar-refractivity contribution is 5.82. The summed E-state index contributed by atoms with van der Waals surface area (Å²) >= 11 is 0. The van der Waals surface area contributed by atoms with E-state index in [0.29, 0.717) is 0 Å². The van der Waals surface area contributed by atoms with Crippen LogP contribution in [-0.4, -0.2) is 43.5 Å². The molecule has 1 aromatic rings. The van der Waals surface area contributed by atoms with Gasteiger partial charge in [0, 0.05) is 7.11 Å². The van der Waals surface area contributed by atoms with Crippen molar-refractivity contribution in [3.8, 4) is 5.75 Å². The molecule has 0 saturated carbocycles. The summed E-state index contributed by atoms with van der Waals surface area (Å²) in [6, 6.07) is 7.25. The Balaban J connectivity index is 0.00000254. The van der Waals surface area contributed by atoms with Crippen LogP contribution in [0.25, 0.3) is 0 Å². The van der Waals surface area contributed by atoms with Gasteiger partial charge < -0.3 is 25.2 Å². The number of hydrogen-bond donors (Lipinski definition) is 3. The Morgan fingerprint density at radius 3 is 2.42 bits per heavy atom. The molecule has 0 aromatic heterocycles. The number of benzene rings is 1. The molecule has 0 radical (unpaired) electrons. The number of nitrogens with one attached hydrogen (secondary N) is 2. The number of carbonyl (C=O) groups is 2. The van der Waals surface area contributed by atoms with E-state index in [4.69, 9.17) is 14.6 Å². The molecule has 0 aliphatic carbocycles. The summed E-state index contributed by atoms with van der Waals surface area (Å²) in [5, 5.41) is 12.2. The first kappa shape index (κ1) is 21.7. The Kier molecular flexibility index (Phi) is 9.49. The van der Waals surface area contributed by atoms with Crippen LogP contribution < -0.4 is 15.4 Å². The van der Waals surface area contributed by atoms with Crippen LogP contribution in [-0.2, 0) is 9.53 Å². The maximum atomic E-state index is 11.8. The van der Waals surface area contributed by atoms with Crippen molar-refractivity contribution in [1.29, 1.82) is 0 Å². The summed E-state index contributed by atoms with van der Waals surface area (Å²) in [6.07, 6.45) is -0.614. The van der Waals surface area contributed by atoms with E-state index in [0.717, 1.165) is 18.4 Å². The number of rotatable bonds is 5. The monoisotopic (exact) mass is 340 g/mol. The van der Waals surface area contributed by atoms with Crippen LogP contribution in [0.5, 0.6) is 5.75 Å². The lowest BCUT2D eigenvalue weighted by Crippen LogP contribution is -2.40. The molecule has 0 heterocycles. The molecule has 0 aliphatic rings. The summed E-state index contributed by atoms with van der Waals surface area (Å²) in [7, 11) is 2.59. The van der Waals surface area contributed by atoms with Crippen LogP contribution >= 0.6 is 0 Å². The normalized spacial score (nSPS) is 11.5. The topological polar surface area (TPSA) is 96.9 Å². The molecule has 7 nitrogen and oxygen atoms in total. The van der Waals surface area contributed by atoms with Crippen molar-refractivity contribution in [2.75, 3.05) is 20.8 Å². The molecule has 0 aliphatic heterocycles. The van der Waals surface area contributed by atoms with Crippen LogP contribution in [0.3, 0.4) is 0 Å². The van der Waals surface area contributed by atoms with Gasteiger partial charge >= 0.3 is 6.09 Å². The maximum Gasteiger partial charge on any atom is 0.408 e. The number of alkyl carbamates (subject to hydrolysis) is 1. The van der Waals surface area contributed by atoms with Crippen molar-refractivity contribution in [2.24, 2.45) is 0 Å². The molecule has 0 fully saturated rings. The lowest BCUT2D eigenvalue weighted by Gasteiger charge is -2.20. The van der Waals surface area contributed by atoms with Crippen molar-refractivity contribution < 1.29 is 24.2 Å². The Morgan fingerprint density at radius 1 is 1.25 bits per heavy atom. The van der Waals surface area contributed by atoms with Gasteiger partial charge in [-0.3, -0.25) is 4.79 Å². The molecule has 2 amide bonds. The van der Waals surface area contributed by atoms with Crippen molar-refractivity contribution in [1.82, 2.24) is 10.6 Å². The van der Waals surface area contributed by atoms with E-state index in [1.54, 1.807) is 27.9 Å². The lowest BCUT2D eigenvalue weighted by molar-refractivity contribution is -0.120. The van der Waals surface area contributed by atoms with Gasteiger partial charge in [0.25, 0.3) is 0 Å². The van der Waals surface area contributed by atoms with Crippen molar-refractivity contribution in [3.63, 3.8) is 0 Å². The van der Waals surface area contributed by atoms with E-state index in [9.17, 15) is 9.59 Å². The summed E-state index contributed by atoms with van der Waals surface area (Å²) in [5.74, 6) is 0.437. The van der Waals surface area contributed by atoms with Crippen LogP contribution in [0.15, 0.2) is 24.3 Å². The Bertz CT molecular complexity index is 526. The smallest absolute Gasteiger partial charge is 0.408 e. The van der Waals surface area contributed by atoms with Crippen molar-refractivity contribution >= 4 is 12.0 Å². The summed E-state index contributed by atoms with van der Waals surface area (Å²) in [6.45, 7) is 7.01. The standard InChI is InChI=1S/C16H24N2O4.CH4O/c1-11(12-7-6-8-13(9-12)21-5)18-14(19)10-17-15(20)22-16(2,3)4;1-2/h6-9,11H,10H2,1-5H3,(H,17,20)(H,18,19);2H,1H3. The number of ether oxygens (including phenoxy) is 2. The van der Waals surface area contributed by atoms with Crippen LogP contribution in [0.2, 0.25) is 0 Å². The average Bonchev–Trinajstić information content (AvgIpc) is 2.53. The Labute approximate surface area is 143 Å². The lowest BCUT2D eigenvalue weighted by atomic mass is 10.1. The molecule has 24 heavy (non-hydrogen) atoms. The second-order valence-electron chi connectivity index (χ2n) is 5.92. The molecule has 1 rings (SSSR count). The second-order valence-corrected chi connectivity index (χ2v) is 5.92. The first-order valence-electron chi connectivity index (χ1n) is 7.56. The number of aliphatic hydroxyl groups is 1. The van der Waals surface area contributed by atoms with Gasteiger partial charge in [0.2, 0.25) is 5.91 Å². The first-order valence-corrected chi connectivity index (χ1v) is 7.56. The van der Waals surface area contributed by atoms with Gasteiger partial charge in [-0.2, -0.15) is 0 Å². The van der Waals surface area contributed by atoms with Gasteiger partial charge in [-0.25, -0.2) is 4.79 Å². The van der Waals surface area contributed by atoms with Crippen LogP contribution in [0.4, 0.5) is 4.79 Å². The molecule has 1 unspecified atom stereocenters. The molecular formula is C17H28N2O5. The molecule has 1 atom stereocenters. The maximum absolute atomic E-state index is 11.8. The summed E-state index contributed by atoms with van der Waals surface area (Å²) in [4.78, 5) is 23.3. The fraction of sp³-hybridized carbons (Fsp3) is 0.529. The van der Waals surface area contributed by atoms with Gasteiger partial charge in [0.1, 0.15) is 17.9 Å². The third-order valence-electron chi connectivity index (χ3n) is 2.76. The van der Waals surface area contributed by atoms with E-state index in [2.05, 4.69) is 10.6 Å². The molecule has 0 bridgehead atoms. The average molecular weight is 340 g/mol.